The molecular formula is C8H11ClN2O4S2. The fourth-order valence-electron chi connectivity index (χ4n) is 1.16. The van der Waals surface area contributed by atoms with Crippen LogP contribution in [0.1, 0.15) is 0 Å². The molecule has 0 aliphatic rings. The minimum Gasteiger partial charge on any atom is -0.225 e. The number of halogens is 1. The third-order valence-corrected chi connectivity index (χ3v) is 5.40. The van der Waals surface area contributed by atoms with E-state index < -0.39 is 29.8 Å². The number of hydrogen-bond acceptors (Lipinski definition) is 4. The van der Waals surface area contributed by atoms with Crippen LogP contribution in [0.5, 0.6) is 0 Å². The molecule has 0 atom stereocenters. The van der Waals surface area contributed by atoms with Crippen LogP contribution in [0, 0.1) is 0 Å². The minimum absolute atomic E-state index is 0.226. The van der Waals surface area contributed by atoms with Crippen molar-refractivity contribution in [2.45, 2.75) is 9.79 Å². The van der Waals surface area contributed by atoms with Crippen molar-refractivity contribution in [3.05, 3.63) is 23.2 Å². The van der Waals surface area contributed by atoms with Crippen molar-refractivity contribution in [2.24, 2.45) is 5.14 Å². The molecular weight excluding hydrogens is 288 g/mol. The van der Waals surface area contributed by atoms with Crippen LogP contribution >= 0.6 is 11.6 Å². The zero-order chi connectivity index (χ0) is 13.4. The average Bonchev–Trinajstić information content (AvgIpc) is 2.14. The Labute approximate surface area is 105 Å². The summed E-state index contributed by atoms with van der Waals surface area (Å²) in [7, 11) is -5.58. The Morgan fingerprint density at radius 2 is 1.71 bits per heavy atom. The molecule has 0 aromatic heterocycles. The number of hydrogen-bond donors (Lipinski definition) is 1. The number of sulfonamides is 2. The molecule has 96 valence electrons. The molecule has 0 aliphatic carbocycles. The summed E-state index contributed by atoms with van der Waals surface area (Å²) >= 11 is 5.68. The Bertz CT molecular complexity index is 637. The molecule has 17 heavy (non-hydrogen) atoms. The van der Waals surface area contributed by atoms with E-state index in [1.54, 1.807) is 0 Å². The highest BCUT2D eigenvalue weighted by atomic mass is 35.5. The summed E-state index contributed by atoms with van der Waals surface area (Å²) in [5.74, 6) is 0. The van der Waals surface area contributed by atoms with Gasteiger partial charge in [0, 0.05) is 14.1 Å². The van der Waals surface area contributed by atoms with Crippen molar-refractivity contribution >= 4 is 31.6 Å². The van der Waals surface area contributed by atoms with E-state index in [9.17, 15) is 16.8 Å². The zero-order valence-corrected chi connectivity index (χ0v) is 11.5. The van der Waals surface area contributed by atoms with Gasteiger partial charge in [0.15, 0.2) is 0 Å². The van der Waals surface area contributed by atoms with Crippen LogP contribution < -0.4 is 5.14 Å². The normalized spacial score (nSPS) is 13.0. The fraction of sp³-hybridized carbons (Fsp3) is 0.250. The van der Waals surface area contributed by atoms with E-state index in [0.29, 0.717) is 0 Å². The van der Waals surface area contributed by atoms with Gasteiger partial charge in [-0.05, 0) is 12.1 Å². The zero-order valence-electron chi connectivity index (χ0n) is 9.08. The standard InChI is InChI=1S/C8H11ClN2O4S2/c1-11(2)17(14,15)7-5-3-4-6(9)8(7)16(10,12)13/h3-5H,1-2H3,(H2,10,12,13). The molecule has 2 N–H and O–H groups in total. The second-order valence-corrected chi connectivity index (χ2v) is 7.43. The molecule has 0 spiro atoms. The van der Waals surface area contributed by atoms with Crippen molar-refractivity contribution in [1.82, 2.24) is 4.31 Å². The molecule has 0 amide bonds. The quantitative estimate of drug-likeness (QED) is 0.864. The molecule has 0 saturated heterocycles. The SMILES string of the molecule is CN(C)S(=O)(=O)c1cccc(Cl)c1S(N)(=O)=O. The summed E-state index contributed by atoms with van der Waals surface area (Å²) in [6.07, 6.45) is 0. The molecule has 6 nitrogen and oxygen atoms in total. The van der Waals surface area contributed by atoms with Crippen molar-refractivity contribution in [3.63, 3.8) is 0 Å². The smallest absolute Gasteiger partial charge is 0.225 e. The Kier molecular flexibility index (Phi) is 3.84. The van der Waals surface area contributed by atoms with E-state index in [4.69, 9.17) is 16.7 Å². The fourth-order valence-corrected chi connectivity index (χ4v) is 4.06. The lowest BCUT2D eigenvalue weighted by Gasteiger charge is -2.14. The minimum atomic E-state index is -4.22. The molecule has 0 bridgehead atoms. The average molecular weight is 299 g/mol. The maximum absolute atomic E-state index is 11.9. The number of nitrogens with two attached hydrogens (primary N) is 1. The topological polar surface area (TPSA) is 97.5 Å². The van der Waals surface area contributed by atoms with Crippen LogP contribution in [0.3, 0.4) is 0 Å². The van der Waals surface area contributed by atoms with Gasteiger partial charge in [0.1, 0.15) is 9.79 Å². The maximum atomic E-state index is 11.9. The number of primary sulfonamides is 1. The first-order valence-electron chi connectivity index (χ1n) is 4.32. The Balaban J connectivity index is 3.75. The molecule has 1 rings (SSSR count). The number of rotatable bonds is 3. The number of nitrogens with zero attached hydrogens (tertiary/aromatic N) is 1. The Morgan fingerprint density at radius 3 is 2.12 bits per heavy atom. The Hall–Kier alpha value is -0.670. The lowest BCUT2D eigenvalue weighted by atomic mass is 10.4. The molecule has 9 heteroatoms. The van der Waals surface area contributed by atoms with E-state index in [1.165, 1.54) is 26.2 Å². The highest BCUT2D eigenvalue weighted by Crippen LogP contribution is 2.28. The third kappa shape index (κ3) is 2.78. The molecule has 1 aromatic carbocycles. The lowest BCUT2D eigenvalue weighted by Crippen LogP contribution is -2.26. The predicted octanol–water partition coefficient (Wildman–Crippen LogP) is 0.238. The second kappa shape index (κ2) is 4.54. The van der Waals surface area contributed by atoms with E-state index in [2.05, 4.69) is 0 Å². The van der Waals surface area contributed by atoms with Crippen molar-refractivity contribution in [3.8, 4) is 0 Å². The summed E-state index contributed by atoms with van der Waals surface area (Å²) in [6, 6.07) is 3.74. The van der Waals surface area contributed by atoms with Crippen molar-refractivity contribution in [1.29, 1.82) is 0 Å². The summed E-state index contributed by atoms with van der Waals surface area (Å²) in [5.41, 5.74) is 0. The van der Waals surface area contributed by atoms with Crippen LogP contribution in [0.2, 0.25) is 5.02 Å². The molecule has 0 saturated carbocycles. The van der Waals surface area contributed by atoms with Crippen LogP contribution in [-0.2, 0) is 20.0 Å². The van der Waals surface area contributed by atoms with Gasteiger partial charge in [-0.1, -0.05) is 17.7 Å². The van der Waals surface area contributed by atoms with Gasteiger partial charge in [-0.15, -0.1) is 0 Å². The van der Waals surface area contributed by atoms with E-state index in [1.807, 2.05) is 0 Å². The van der Waals surface area contributed by atoms with E-state index in [-0.39, 0.29) is 5.02 Å². The van der Waals surface area contributed by atoms with E-state index >= 15 is 0 Å². The van der Waals surface area contributed by atoms with Gasteiger partial charge in [-0.25, -0.2) is 26.3 Å². The van der Waals surface area contributed by atoms with Crippen LogP contribution in [0.15, 0.2) is 28.0 Å². The molecule has 0 fully saturated rings. The molecule has 0 unspecified atom stereocenters. The van der Waals surface area contributed by atoms with Gasteiger partial charge in [0.2, 0.25) is 20.0 Å². The monoisotopic (exact) mass is 298 g/mol. The highest BCUT2D eigenvalue weighted by Gasteiger charge is 2.28. The summed E-state index contributed by atoms with van der Waals surface area (Å²) in [5, 5.41) is 4.73. The van der Waals surface area contributed by atoms with Gasteiger partial charge in [-0.3, -0.25) is 0 Å². The molecule has 0 radical (unpaired) electrons. The van der Waals surface area contributed by atoms with Crippen LogP contribution in [0.4, 0.5) is 0 Å². The Morgan fingerprint density at radius 1 is 1.18 bits per heavy atom. The van der Waals surface area contributed by atoms with Gasteiger partial charge >= 0.3 is 0 Å². The van der Waals surface area contributed by atoms with Crippen LogP contribution in [-0.4, -0.2) is 35.2 Å². The van der Waals surface area contributed by atoms with Crippen molar-refractivity contribution < 1.29 is 16.8 Å². The van der Waals surface area contributed by atoms with Gasteiger partial charge in [0.25, 0.3) is 0 Å². The van der Waals surface area contributed by atoms with Crippen molar-refractivity contribution in [2.75, 3.05) is 14.1 Å². The number of benzene rings is 1. The first kappa shape index (κ1) is 14.4. The summed E-state index contributed by atoms with van der Waals surface area (Å²) < 4.78 is 47.4. The highest BCUT2D eigenvalue weighted by molar-refractivity contribution is 7.92. The lowest BCUT2D eigenvalue weighted by molar-refractivity contribution is 0.517. The third-order valence-electron chi connectivity index (χ3n) is 1.97. The summed E-state index contributed by atoms with van der Waals surface area (Å²) in [6.45, 7) is 0. The molecule has 0 aliphatic heterocycles. The largest absolute Gasteiger partial charge is 0.243 e. The summed E-state index contributed by atoms with van der Waals surface area (Å²) in [4.78, 5) is -1.02. The second-order valence-electron chi connectivity index (χ2n) is 3.40. The first-order chi connectivity index (χ1) is 7.58. The van der Waals surface area contributed by atoms with Gasteiger partial charge in [0.05, 0.1) is 5.02 Å². The first-order valence-corrected chi connectivity index (χ1v) is 7.68. The molecule has 1 aromatic rings. The predicted molar refractivity (Wildman–Crippen MR) is 63.7 cm³/mol. The van der Waals surface area contributed by atoms with Gasteiger partial charge in [-0.2, -0.15) is 0 Å². The maximum Gasteiger partial charge on any atom is 0.243 e. The van der Waals surface area contributed by atoms with Gasteiger partial charge < -0.3 is 0 Å². The molecule has 0 heterocycles. The van der Waals surface area contributed by atoms with Crippen LogP contribution in [0.25, 0.3) is 0 Å². The van der Waals surface area contributed by atoms with E-state index in [0.717, 1.165) is 10.4 Å².